The number of hydrogen-bond acceptors (Lipinski definition) is 3. The Labute approximate surface area is 165 Å². The number of ether oxygens (including phenoxy) is 1. The molecule has 0 N–H and O–H groups in total. The Morgan fingerprint density at radius 2 is 1.75 bits per heavy atom. The van der Waals surface area contributed by atoms with Crippen LogP contribution in [0.2, 0.25) is 0 Å². The molecule has 1 aliphatic carbocycles. The minimum Gasteiger partial charge on any atom is -0.497 e. The van der Waals surface area contributed by atoms with Gasteiger partial charge in [0.15, 0.2) is 5.78 Å². The highest BCUT2D eigenvalue weighted by Crippen LogP contribution is 2.48. The van der Waals surface area contributed by atoms with Crippen molar-refractivity contribution in [3.05, 3.63) is 71.4 Å². The van der Waals surface area contributed by atoms with E-state index in [0.29, 0.717) is 12.8 Å². The van der Waals surface area contributed by atoms with Crippen LogP contribution in [0, 0.1) is 5.41 Å². The fraction of sp³-hybridized carbons (Fsp3) is 0.333. The standard InChI is InChI=1S/C24H25NO3/c1-24(2)14-20-23(21(26)15-24)19(16-8-7-11-18(12-16)28-3)13-22(27)25(20)17-9-5-4-6-10-17/h4-12,19H,13-15H2,1-3H3. The van der Waals surface area contributed by atoms with Crippen LogP contribution in [-0.2, 0) is 9.59 Å². The maximum absolute atomic E-state index is 13.3. The highest BCUT2D eigenvalue weighted by atomic mass is 16.5. The molecule has 1 aliphatic heterocycles. The van der Waals surface area contributed by atoms with E-state index in [-0.39, 0.29) is 29.4 Å². The summed E-state index contributed by atoms with van der Waals surface area (Å²) in [6, 6.07) is 17.4. The molecule has 2 aliphatic rings. The van der Waals surface area contributed by atoms with Gasteiger partial charge in [-0.1, -0.05) is 44.2 Å². The van der Waals surface area contributed by atoms with Gasteiger partial charge in [0.05, 0.1) is 7.11 Å². The van der Waals surface area contributed by atoms with E-state index in [0.717, 1.165) is 28.3 Å². The van der Waals surface area contributed by atoms with Crippen LogP contribution in [0.4, 0.5) is 5.69 Å². The van der Waals surface area contributed by atoms with Crippen LogP contribution in [0.15, 0.2) is 65.9 Å². The van der Waals surface area contributed by atoms with Gasteiger partial charge in [0, 0.05) is 35.7 Å². The van der Waals surface area contributed by atoms with Gasteiger partial charge in [0.2, 0.25) is 5.91 Å². The Morgan fingerprint density at radius 1 is 1.00 bits per heavy atom. The van der Waals surface area contributed by atoms with E-state index >= 15 is 0 Å². The summed E-state index contributed by atoms with van der Waals surface area (Å²) in [4.78, 5) is 28.3. The first-order valence-electron chi connectivity index (χ1n) is 9.68. The predicted molar refractivity (Wildman–Crippen MR) is 109 cm³/mol. The van der Waals surface area contributed by atoms with Crippen LogP contribution >= 0.6 is 0 Å². The molecule has 0 saturated carbocycles. The van der Waals surface area contributed by atoms with Crippen molar-refractivity contribution in [3.8, 4) is 5.75 Å². The number of benzene rings is 2. The Balaban J connectivity index is 1.89. The van der Waals surface area contributed by atoms with Gasteiger partial charge in [-0.3, -0.25) is 14.5 Å². The van der Waals surface area contributed by atoms with Crippen LogP contribution in [0.25, 0.3) is 0 Å². The fourth-order valence-electron chi connectivity index (χ4n) is 4.43. The number of para-hydroxylation sites is 1. The van der Waals surface area contributed by atoms with Crippen LogP contribution in [0.5, 0.6) is 5.75 Å². The van der Waals surface area contributed by atoms with Gasteiger partial charge in [0.25, 0.3) is 0 Å². The summed E-state index contributed by atoms with van der Waals surface area (Å²) in [7, 11) is 1.63. The largest absolute Gasteiger partial charge is 0.497 e. The molecule has 0 fully saturated rings. The summed E-state index contributed by atoms with van der Waals surface area (Å²) < 4.78 is 5.36. The molecule has 0 radical (unpaired) electrons. The smallest absolute Gasteiger partial charge is 0.232 e. The molecule has 1 amide bonds. The quantitative estimate of drug-likeness (QED) is 0.770. The molecule has 4 heteroatoms. The number of methoxy groups -OCH3 is 1. The van der Waals surface area contributed by atoms with E-state index in [9.17, 15) is 9.59 Å². The molecular formula is C24H25NO3. The van der Waals surface area contributed by atoms with Gasteiger partial charge in [0.1, 0.15) is 5.75 Å². The third kappa shape index (κ3) is 3.24. The zero-order valence-corrected chi connectivity index (χ0v) is 16.6. The number of allylic oxidation sites excluding steroid dienone is 2. The maximum atomic E-state index is 13.3. The van der Waals surface area contributed by atoms with Gasteiger partial charge in [-0.15, -0.1) is 0 Å². The van der Waals surface area contributed by atoms with Crippen LogP contribution in [-0.4, -0.2) is 18.8 Å². The minimum absolute atomic E-state index is 0.0308. The molecule has 1 heterocycles. The second-order valence-electron chi connectivity index (χ2n) is 8.40. The van der Waals surface area contributed by atoms with Crippen molar-refractivity contribution >= 4 is 17.4 Å². The number of ketones is 1. The third-order valence-corrected chi connectivity index (χ3v) is 5.65. The molecule has 1 unspecified atom stereocenters. The van der Waals surface area contributed by atoms with E-state index < -0.39 is 0 Å². The lowest BCUT2D eigenvalue weighted by Crippen LogP contribution is -2.43. The second-order valence-corrected chi connectivity index (χ2v) is 8.40. The van der Waals surface area contributed by atoms with E-state index in [1.54, 1.807) is 12.0 Å². The van der Waals surface area contributed by atoms with Gasteiger partial charge in [-0.25, -0.2) is 0 Å². The highest BCUT2D eigenvalue weighted by Gasteiger charge is 2.44. The lowest BCUT2D eigenvalue weighted by atomic mass is 9.69. The lowest BCUT2D eigenvalue weighted by molar-refractivity contribution is -0.121. The SMILES string of the molecule is COc1cccc(C2CC(=O)N(c3ccccc3)C3=C2C(=O)CC(C)(C)C3)c1. The number of amides is 1. The summed E-state index contributed by atoms with van der Waals surface area (Å²) in [5, 5.41) is 0. The summed E-state index contributed by atoms with van der Waals surface area (Å²) >= 11 is 0. The monoisotopic (exact) mass is 375 g/mol. The van der Waals surface area contributed by atoms with Gasteiger partial charge < -0.3 is 4.74 Å². The summed E-state index contributed by atoms with van der Waals surface area (Å²) in [5.41, 5.74) is 3.27. The minimum atomic E-state index is -0.221. The first-order chi connectivity index (χ1) is 13.4. The normalized spacial score (nSPS) is 21.5. The van der Waals surface area contributed by atoms with E-state index in [2.05, 4.69) is 13.8 Å². The van der Waals surface area contributed by atoms with E-state index in [4.69, 9.17) is 4.74 Å². The predicted octanol–water partition coefficient (Wildman–Crippen LogP) is 4.86. The first kappa shape index (κ1) is 18.5. The number of nitrogens with zero attached hydrogens (tertiary/aromatic N) is 1. The molecular weight excluding hydrogens is 350 g/mol. The Kier molecular flexibility index (Phi) is 4.58. The van der Waals surface area contributed by atoms with Crippen molar-refractivity contribution in [1.29, 1.82) is 0 Å². The average Bonchev–Trinajstić information content (AvgIpc) is 2.67. The average molecular weight is 375 g/mol. The molecule has 0 spiro atoms. The lowest BCUT2D eigenvalue weighted by Gasteiger charge is -2.43. The summed E-state index contributed by atoms with van der Waals surface area (Å²) in [5.74, 6) is 0.693. The molecule has 28 heavy (non-hydrogen) atoms. The molecule has 4 nitrogen and oxygen atoms in total. The van der Waals surface area contributed by atoms with Crippen molar-refractivity contribution in [1.82, 2.24) is 0 Å². The first-order valence-corrected chi connectivity index (χ1v) is 9.68. The molecule has 0 bridgehead atoms. The van der Waals surface area contributed by atoms with E-state index in [1.165, 1.54) is 0 Å². The van der Waals surface area contributed by atoms with Gasteiger partial charge in [-0.2, -0.15) is 0 Å². The Bertz CT molecular complexity index is 959. The molecule has 0 saturated heterocycles. The van der Waals surface area contributed by atoms with Crippen molar-refractivity contribution in [3.63, 3.8) is 0 Å². The van der Waals surface area contributed by atoms with Gasteiger partial charge >= 0.3 is 0 Å². The van der Waals surface area contributed by atoms with Crippen molar-refractivity contribution in [2.45, 2.75) is 39.0 Å². The summed E-state index contributed by atoms with van der Waals surface area (Å²) in [6.45, 7) is 4.19. The zero-order valence-electron chi connectivity index (χ0n) is 16.6. The van der Waals surface area contributed by atoms with Crippen LogP contribution in [0.1, 0.15) is 44.6 Å². The molecule has 2 aromatic rings. The molecule has 0 aromatic heterocycles. The number of Topliss-reactive ketones (excluding diaryl/α,β-unsaturated/α-hetero) is 1. The summed E-state index contributed by atoms with van der Waals surface area (Å²) in [6.07, 6.45) is 1.49. The maximum Gasteiger partial charge on any atom is 0.232 e. The number of hydrogen-bond donors (Lipinski definition) is 0. The highest BCUT2D eigenvalue weighted by molar-refractivity contribution is 6.07. The number of carbonyl (C=O) groups excluding carboxylic acids is 2. The van der Waals surface area contributed by atoms with E-state index in [1.807, 2.05) is 54.6 Å². The fourth-order valence-corrected chi connectivity index (χ4v) is 4.43. The molecule has 4 rings (SSSR count). The molecule has 144 valence electrons. The van der Waals surface area contributed by atoms with Crippen molar-refractivity contribution in [2.75, 3.05) is 12.0 Å². The third-order valence-electron chi connectivity index (χ3n) is 5.65. The Hall–Kier alpha value is -2.88. The number of anilines is 1. The number of carbonyl (C=O) groups is 2. The Morgan fingerprint density at radius 3 is 2.46 bits per heavy atom. The zero-order chi connectivity index (χ0) is 19.9. The topological polar surface area (TPSA) is 46.6 Å². The van der Waals surface area contributed by atoms with Gasteiger partial charge in [-0.05, 0) is 41.7 Å². The molecule has 2 aromatic carbocycles. The van der Waals surface area contributed by atoms with Crippen molar-refractivity contribution in [2.24, 2.45) is 5.41 Å². The molecule has 1 atom stereocenters. The second kappa shape index (κ2) is 6.93. The van der Waals surface area contributed by atoms with Crippen molar-refractivity contribution < 1.29 is 14.3 Å². The van der Waals surface area contributed by atoms with Crippen LogP contribution in [0.3, 0.4) is 0 Å². The van der Waals surface area contributed by atoms with Crippen LogP contribution < -0.4 is 9.64 Å². The number of rotatable bonds is 3.